The Balaban J connectivity index is 0. The first kappa shape index (κ1) is 16.5. The molecule has 0 saturated carbocycles. The second-order valence-electron chi connectivity index (χ2n) is 3.87. The maximum atomic E-state index is 8.77. The van der Waals surface area contributed by atoms with Crippen LogP contribution in [-0.2, 0) is 4.57 Å². The highest BCUT2D eigenvalue weighted by Gasteiger charge is 2.09. The molecule has 6 heteroatoms. The molecule has 0 saturated heterocycles. The van der Waals surface area contributed by atoms with Crippen LogP contribution in [0.4, 0.5) is 0 Å². The van der Waals surface area contributed by atoms with E-state index in [9.17, 15) is 0 Å². The molecule has 88 valence electrons. The van der Waals surface area contributed by atoms with E-state index in [2.05, 4.69) is 27.9 Å². The number of rotatable bonds is 4. The van der Waals surface area contributed by atoms with Gasteiger partial charge < -0.3 is 19.2 Å². The first-order valence-electron chi connectivity index (χ1n) is 4.71. The minimum atomic E-state index is -4.89. The van der Waals surface area contributed by atoms with E-state index < -0.39 is 7.82 Å². The molecule has 0 radical (unpaired) electrons. The van der Waals surface area contributed by atoms with Crippen LogP contribution in [0.2, 0.25) is 0 Å². The Morgan fingerprint density at radius 3 is 1.50 bits per heavy atom. The third-order valence-electron chi connectivity index (χ3n) is 1.66. The summed E-state index contributed by atoms with van der Waals surface area (Å²) in [6.07, 6.45) is 2.60. The zero-order chi connectivity index (χ0) is 11.8. The van der Waals surface area contributed by atoms with Crippen LogP contribution < -0.4 is 4.89 Å². The minimum Gasteiger partial charge on any atom is -0.756 e. The maximum absolute atomic E-state index is 8.77. The van der Waals surface area contributed by atoms with Crippen LogP contribution in [0.25, 0.3) is 0 Å². The highest BCUT2D eigenvalue weighted by molar-refractivity contribution is 7.43. The van der Waals surface area contributed by atoms with Crippen molar-refractivity contribution in [2.75, 3.05) is 27.2 Å². The van der Waals surface area contributed by atoms with Crippen LogP contribution in [0.3, 0.4) is 0 Å². The Kier molecular flexibility index (Phi) is 8.69. The maximum Gasteiger partial charge on any atom is 0.262 e. The predicted octanol–water partition coefficient (Wildman–Crippen LogP) is 0.322. The second kappa shape index (κ2) is 7.37. The van der Waals surface area contributed by atoms with Crippen molar-refractivity contribution in [3.05, 3.63) is 0 Å². The van der Waals surface area contributed by atoms with Crippen molar-refractivity contribution in [2.24, 2.45) is 0 Å². The van der Waals surface area contributed by atoms with Crippen LogP contribution in [-0.4, -0.2) is 41.5 Å². The summed E-state index contributed by atoms with van der Waals surface area (Å²) in [7, 11) is -0.292. The summed E-state index contributed by atoms with van der Waals surface area (Å²) >= 11 is 0. The minimum absolute atomic E-state index is 1.19. The van der Waals surface area contributed by atoms with E-state index >= 15 is 0 Å². The molecule has 0 amide bonds. The first-order chi connectivity index (χ1) is 6.12. The molecule has 0 aromatic carbocycles. The van der Waals surface area contributed by atoms with Gasteiger partial charge in [-0.3, -0.25) is 4.57 Å². The van der Waals surface area contributed by atoms with E-state index in [-0.39, 0.29) is 0 Å². The fourth-order valence-electron chi connectivity index (χ4n) is 1.32. The summed E-state index contributed by atoms with van der Waals surface area (Å²) in [5.41, 5.74) is 0. The average Bonchev–Trinajstić information content (AvgIpc) is 1.81. The van der Waals surface area contributed by atoms with E-state index in [0.29, 0.717) is 0 Å². The molecule has 0 aromatic rings. The molecule has 14 heavy (non-hydrogen) atoms. The molecule has 0 bridgehead atoms. The highest BCUT2D eigenvalue weighted by Crippen LogP contribution is 2.18. The van der Waals surface area contributed by atoms with Gasteiger partial charge in [-0.05, 0) is 12.8 Å². The van der Waals surface area contributed by atoms with E-state index in [1.54, 1.807) is 0 Å². The van der Waals surface area contributed by atoms with Gasteiger partial charge in [-0.1, -0.05) is 13.8 Å². The number of phosphoric acid groups is 1. The molecular weight excluding hydrogens is 205 g/mol. The van der Waals surface area contributed by atoms with Gasteiger partial charge in [0, 0.05) is 0 Å². The molecule has 0 aliphatic heterocycles. The van der Waals surface area contributed by atoms with Crippen LogP contribution in [0, 0.1) is 0 Å². The molecule has 0 aliphatic rings. The van der Waals surface area contributed by atoms with Crippen LogP contribution in [0.1, 0.15) is 26.7 Å². The van der Waals surface area contributed by atoms with Crippen molar-refractivity contribution in [2.45, 2.75) is 26.7 Å². The van der Waals surface area contributed by atoms with Gasteiger partial charge >= 0.3 is 0 Å². The normalized spacial score (nSPS) is 11.9. The molecule has 0 rings (SSSR count). The van der Waals surface area contributed by atoms with Gasteiger partial charge in [0.25, 0.3) is 7.82 Å². The molecule has 0 aliphatic carbocycles. The summed E-state index contributed by atoms with van der Waals surface area (Å²) in [4.78, 5) is 22.9. The van der Waals surface area contributed by atoms with Gasteiger partial charge in [0.1, 0.15) is 0 Å². The van der Waals surface area contributed by atoms with Gasteiger partial charge in [-0.15, -0.1) is 0 Å². The van der Waals surface area contributed by atoms with Crippen molar-refractivity contribution < 1.29 is 23.7 Å². The lowest BCUT2D eigenvalue weighted by atomic mass is 10.3. The predicted molar refractivity (Wildman–Crippen MR) is 54.5 cm³/mol. The molecule has 0 fully saturated rings. The zero-order valence-electron chi connectivity index (χ0n) is 9.43. The van der Waals surface area contributed by atoms with E-state index in [4.69, 9.17) is 19.2 Å². The second-order valence-corrected chi connectivity index (χ2v) is 4.85. The smallest absolute Gasteiger partial charge is 0.262 e. The van der Waals surface area contributed by atoms with Crippen molar-refractivity contribution in [1.82, 2.24) is 0 Å². The Morgan fingerprint density at radius 1 is 1.14 bits per heavy atom. The molecular formula is C8H22NO4P. The third-order valence-corrected chi connectivity index (χ3v) is 1.66. The van der Waals surface area contributed by atoms with Crippen molar-refractivity contribution in [3.8, 4) is 0 Å². The number of hydrogen-bond donors (Lipinski definition) is 2. The fraction of sp³-hybridized carbons (Fsp3) is 1.00. The standard InChI is InChI=1S/C8H20N.H3O4P/c1-5-7-9(3,4)8-6-2;1-5(2,3)4/h5-8H2,1-4H3;(H3,1,2,3,4)/q+1;/p-1. The van der Waals surface area contributed by atoms with Crippen LogP contribution >= 0.6 is 7.82 Å². The molecule has 0 aromatic heterocycles. The van der Waals surface area contributed by atoms with Gasteiger partial charge in [0.05, 0.1) is 27.2 Å². The van der Waals surface area contributed by atoms with E-state index in [1.807, 2.05) is 0 Å². The topological polar surface area (TPSA) is 80.6 Å². The largest absolute Gasteiger partial charge is 0.756 e. The Hall–Kier alpha value is 0.0700. The SMILES string of the molecule is CCC[N+](C)(C)CCC.O=P([O-])(O)O. The molecule has 0 spiro atoms. The van der Waals surface area contributed by atoms with Gasteiger partial charge in [0.2, 0.25) is 0 Å². The number of quaternary nitrogens is 1. The molecule has 5 nitrogen and oxygen atoms in total. The molecule has 2 N–H and O–H groups in total. The van der Waals surface area contributed by atoms with Crippen molar-refractivity contribution in [3.63, 3.8) is 0 Å². The van der Waals surface area contributed by atoms with Gasteiger partial charge in [-0.25, -0.2) is 0 Å². The monoisotopic (exact) mass is 227 g/mol. The zero-order valence-corrected chi connectivity index (χ0v) is 10.3. The third kappa shape index (κ3) is 22.7. The van der Waals surface area contributed by atoms with Gasteiger partial charge in [0.15, 0.2) is 0 Å². The van der Waals surface area contributed by atoms with Crippen molar-refractivity contribution >= 4 is 7.82 Å². The van der Waals surface area contributed by atoms with Crippen LogP contribution in [0.5, 0.6) is 0 Å². The summed E-state index contributed by atoms with van der Waals surface area (Å²) < 4.78 is 9.96. The highest BCUT2D eigenvalue weighted by atomic mass is 31.2. The summed E-state index contributed by atoms with van der Waals surface area (Å²) in [6, 6.07) is 0. The fourth-order valence-corrected chi connectivity index (χ4v) is 1.32. The van der Waals surface area contributed by atoms with E-state index in [0.717, 1.165) is 0 Å². The lowest BCUT2D eigenvalue weighted by molar-refractivity contribution is -0.890. The Bertz CT molecular complexity index is 162. The lowest BCUT2D eigenvalue weighted by Gasteiger charge is -2.28. The quantitative estimate of drug-likeness (QED) is 0.535. The lowest BCUT2D eigenvalue weighted by Crippen LogP contribution is -2.40. The molecule has 0 unspecified atom stereocenters. The average molecular weight is 227 g/mol. The summed E-state index contributed by atoms with van der Waals surface area (Å²) in [5, 5.41) is 0. The first-order valence-corrected chi connectivity index (χ1v) is 6.24. The van der Waals surface area contributed by atoms with Crippen LogP contribution in [0.15, 0.2) is 0 Å². The Labute approximate surface area is 86.2 Å². The number of nitrogens with zero attached hydrogens (tertiary/aromatic N) is 1. The summed E-state index contributed by atoms with van der Waals surface area (Å²) in [5.74, 6) is 0. The molecule has 0 atom stereocenters. The molecule has 0 heterocycles. The number of hydrogen-bond acceptors (Lipinski definition) is 2. The van der Waals surface area contributed by atoms with E-state index in [1.165, 1.54) is 30.4 Å². The van der Waals surface area contributed by atoms with Crippen molar-refractivity contribution in [1.29, 1.82) is 0 Å². The summed E-state index contributed by atoms with van der Waals surface area (Å²) in [6.45, 7) is 7.12. The van der Waals surface area contributed by atoms with Gasteiger partial charge in [-0.2, -0.15) is 0 Å². The Morgan fingerprint density at radius 2 is 1.36 bits per heavy atom.